The molecule has 1 heterocycles. The Morgan fingerprint density at radius 1 is 1.26 bits per heavy atom. The first-order valence-corrected chi connectivity index (χ1v) is 6.83. The fourth-order valence-corrected chi connectivity index (χ4v) is 2.87. The summed E-state index contributed by atoms with van der Waals surface area (Å²) in [5, 5.41) is 10.4. The second kappa shape index (κ2) is 4.94. The maximum atomic E-state index is 13.8. The molecule has 1 aliphatic heterocycles. The van der Waals surface area contributed by atoms with Crippen molar-refractivity contribution in [2.75, 3.05) is 6.61 Å². The first-order valence-electron chi connectivity index (χ1n) is 6.04. The van der Waals surface area contributed by atoms with Gasteiger partial charge in [0.15, 0.2) is 0 Å². The van der Waals surface area contributed by atoms with Crippen molar-refractivity contribution < 1.29 is 14.2 Å². The van der Waals surface area contributed by atoms with E-state index in [9.17, 15) is 9.50 Å². The van der Waals surface area contributed by atoms with E-state index in [2.05, 4.69) is 15.9 Å². The van der Waals surface area contributed by atoms with Crippen LogP contribution in [0.5, 0.6) is 5.75 Å². The lowest BCUT2D eigenvalue weighted by molar-refractivity contribution is 0.214. The van der Waals surface area contributed by atoms with Gasteiger partial charge in [-0.25, -0.2) is 4.39 Å². The maximum absolute atomic E-state index is 13.8. The quantitative estimate of drug-likeness (QED) is 0.915. The summed E-state index contributed by atoms with van der Waals surface area (Å²) in [6.07, 6.45) is -0.157. The topological polar surface area (TPSA) is 29.5 Å². The van der Waals surface area contributed by atoms with Crippen molar-refractivity contribution in [3.8, 4) is 5.75 Å². The zero-order valence-electron chi connectivity index (χ0n) is 10.1. The van der Waals surface area contributed by atoms with Crippen LogP contribution in [0, 0.1) is 5.82 Å². The summed E-state index contributed by atoms with van der Waals surface area (Å²) >= 11 is 3.28. The zero-order chi connectivity index (χ0) is 13.4. The average molecular weight is 323 g/mol. The van der Waals surface area contributed by atoms with Crippen LogP contribution in [-0.2, 0) is 6.42 Å². The lowest BCUT2D eigenvalue weighted by atomic mass is 9.98. The molecule has 0 aromatic heterocycles. The third-order valence-corrected chi connectivity index (χ3v) is 3.99. The molecule has 0 spiro atoms. The lowest BCUT2D eigenvalue weighted by Gasteiger charge is -2.15. The molecule has 0 fully saturated rings. The number of benzene rings is 2. The maximum Gasteiger partial charge on any atom is 0.130 e. The molecule has 0 radical (unpaired) electrons. The van der Waals surface area contributed by atoms with Crippen LogP contribution in [0.1, 0.15) is 22.8 Å². The van der Waals surface area contributed by atoms with Crippen LogP contribution in [0.4, 0.5) is 4.39 Å². The Morgan fingerprint density at radius 2 is 2.11 bits per heavy atom. The molecule has 0 saturated heterocycles. The van der Waals surface area contributed by atoms with Gasteiger partial charge in [0.05, 0.1) is 6.61 Å². The van der Waals surface area contributed by atoms with Crippen LogP contribution in [0.2, 0.25) is 0 Å². The summed E-state index contributed by atoms with van der Waals surface area (Å²) in [4.78, 5) is 0. The van der Waals surface area contributed by atoms with E-state index in [4.69, 9.17) is 4.74 Å². The van der Waals surface area contributed by atoms with E-state index in [-0.39, 0.29) is 5.56 Å². The molecule has 0 saturated carbocycles. The monoisotopic (exact) mass is 322 g/mol. The van der Waals surface area contributed by atoms with Gasteiger partial charge in [0.1, 0.15) is 17.7 Å². The van der Waals surface area contributed by atoms with Crippen LogP contribution >= 0.6 is 15.9 Å². The molecule has 2 nitrogen and oxygen atoms in total. The van der Waals surface area contributed by atoms with Crippen molar-refractivity contribution in [2.24, 2.45) is 0 Å². The molecule has 1 N–H and O–H groups in total. The van der Waals surface area contributed by atoms with Crippen LogP contribution in [0.15, 0.2) is 40.9 Å². The number of hydrogen-bond acceptors (Lipinski definition) is 2. The van der Waals surface area contributed by atoms with Gasteiger partial charge in [0.25, 0.3) is 0 Å². The van der Waals surface area contributed by atoms with Gasteiger partial charge in [-0.1, -0.05) is 28.1 Å². The van der Waals surface area contributed by atoms with Gasteiger partial charge >= 0.3 is 0 Å². The summed E-state index contributed by atoms with van der Waals surface area (Å²) in [5.74, 6) is 0.433. The van der Waals surface area contributed by atoms with Gasteiger partial charge < -0.3 is 9.84 Å². The molecule has 3 rings (SSSR count). The highest BCUT2D eigenvalue weighted by Crippen LogP contribution is 2.34. The molecule has 0 amide bonds. The van der Waals surface area contributed by atoms with Crippen molar-refractivity contribution in [1.82, 2.24) is 0 Å². The smallest absolute Gasteiger partial charge is 0.130 e. The Kier molecular flexibility index (Phi) is 3.29. The predicted molar refractivity (Wildman–Crippen MR) is 73.8 cm³/mol. The highest BCUT2D eigenvalue weighted by molar-refractivity contribution is 9.10. The molecule has 2 aromatic carbocycles. The molecule has 1 aliphatic rings. The fourth-order valence-electron chi connectivity index (χ4n) is 2.32. The number of ether oxygens (including phenoxy) is 1. The van der Waals surface area contributed by atoms with E-state index in [1.54, 1.807) is 18.2 Å². The minimum Gasteiger partial charge on any atom is -0.493 e. The Hall–Kier alpha value is -1.39. The van der Waals surface area contributed by atoms with E-state index in [0.29, 0.717) is 16.6 Å². The predicted octanol–water partition coefficient (Wildman–Crippen LogP) is 3.60. The van der Waals surface area contributed by atoms with Crippen molar-refractivity contribution in [1.29, 1.82) is 0 Å². The largest absolute Gasteiger partial charge is 0.493 e. The Morgan fingerprint density at radius 3 is 2.89 bits per heavy atom. The van der Waals surface area contributed by atoms with Gasteiger partial charge in [-0.2, -0.15) is 0 Å². The lowest BCUT2D eigenvalue weighted by Crippen LogP contribution is -2.04. The van der Waals surface area contributed by atoms with Gasteiger partial charge in [-0.05, 0) is 35.4 Å². The number of halogens is 2. The number of hydrogen-bond donors (Lipinski definition) is 1. The Labute approximate surface area is 119 Å². The molecule has 2 aromatic rings. The van der Waals surface area contributed by atoms with Crippen molar-refractivity contribution in [3.05, 3.63) is 63.4 Å². The molecule has 19 heavy (non-hydrogen) atoms. The molecular weight excluding hydrogens is 311 g/mol. The summed E-state index contributed by atoms with van der Waals surface area (Å²) in [6, 6.07) is 10.2. The van der Waals surface area contributed by atoms with Crippen molar-refractivity contribution >= 4 is 15.9 Å². The first kappa shape index (κ1) is 12.6. The van der Waals surface area contributed by atoms with E-state index >= 15 is 0 Å². The Balaban J connectivity index is 2.02. The minimum atomic E-state index is -0.985. The van der Waals surface area contributed by atoms with E-state index in [1.807, 2.05) is 12.1 Å². The van der Waals surface area contributed by atoms with E-state index < -0.39 is 11.9 Å². The Bertz CT molecular complexity index is 607. The average Bonchev–Trinajstić information content (AvgIpc) is 2.85. The van der Waals surface area contributed by atoms with Gasteiger partial charge in [0, 0.05) is 16.5 Å². The second-order valence-electron chi connectivity index (χ2n) is 4.50. The van der Waals surface area contributed by atoms with Crippen LogP contribution < -0.4 is 4.74 Å². The molecule has 4 heteroatoms. The summed E-state index contributed by atoms with van der Waals surface area (Å²) in [5.41, 5.74) is 2.00. The third-order valence-electron chi connectivity index (χ3n) is 3.30. The SMILES string of the molecule is OC(c1ccc2c(c1)CCO2)c1c(F)cccc1Br. The summed E-state index contributed by atoms with van der Waals surface area (Å²) in [6.45, 7) is 0.665. The van der Waals surface area contributed by atoms with Crippen LogP contribution in [0.25, 0.3) is 0 Å². The molecule has 0 aliphatic carbocycles. The second-order valence-corrected chi connectivity index (χ2v) is 5.36. The van der Waals surface area contributed by atoms with Gasteiger partial charge in [-0.3, -0.25) is 0 Å². The standard InChI is InChI=1S/C15H12BrFO2/c16-11-2-1-3-12(17)14(11)15(18)10-4-5-13-9(8-10)6-7-19-13/h1-5,8,15,18H,6-7H2. The highest BCUT2D eigenvalue weighted by Gasteiger charge is 2.20. The first-order chi connectivity index (χ1) is 9.16. The fraction of sp³-hybridized carbons (Fsp3) is 0.200. The van der Waals surface area contributed by atoms with Crippen LogP contribution in [0.3, 0.4) is 0 Å². The van der Waals surface area contributed by atoms with Gasteiger partial charge in [-0.15, -0.1) is 0 Å². The number of rotatable bonds is 2. The van der Waals surface area contributed by atoms with E-state index in [1.165, 1.54) is 6.07 Å². The normalized spacial score (nSPS) is 14.9. The number of aliphatic hydroxyl groups is 1. The molecular formula is C15H12BrFO2. The summed E-state index contributed by atoms with van der Waals surface area (Å²) < 4.78 is 19.8. The third kappa shape index (κ3) is 2.26. The molecule has 1 unspecified atom stereocenters. The number of fused-ring (bicyclic) bond motifs is 1. The van der Waals surface area contributed by atoms with Gasteiger partial charge in [0.2, 0.25) is 0 Å². The summed E-state index contributed by atoms with van der Waals surface area (Å²) in [7, 11) is 0. The zero-order valence-corrected chi connectivity index (χ0v) is 11.7. The van der Waals surface area contributed by atoms with E-state index in [0.717, 1.165) is 17.7 Å². The van der Waals surface area contributed by atoms with Crippen molar-refractivity contribution in [3.63, 3.8) is 0 Å². The molecule has 0 bridgehead atoms. The highest BCUT2D eigenvalue weighted by atomic mass is 79.9. The van der Waals surface area contributed by atoms with Crippen LogP contribution in [-0.4, -0.2) is 11.7 Å². The van der Waals surface area contributed by atoms with Crippen molar-refractivity contribution in [2.45, 2.75) is 12.5 Å². The molecule has 98 valence electrons. The number of aliphatic hydroxyl groups excluding tert-OH is 1. The minimum absolute atomic E-state index is 0.265. The molecule has 1 atom stereocenters.